The monoisotopic (exact) mass is 592 g/mol. The van der Waals surface area contributed by atoms with Crippen molar-refractivity contribution in [3.05, 3.63) is 102 Å². The average molecular weight is 593 g/mol. The Kier molecular flexibility index (Phi) is 7.96. The Bertz CT molecular complexity index is 1870. The fourth-order valence-corrected chi connectivity index (χ4v) is 5.68. The largest absolute Gasteiger partial charge is 0.493 e. The minimum Gasteiger partial charge on any atom is -0.493 e. The summed E-state index contributed by atoms with van der Waals surface area (Å²) in [6, 6.07) is 14.8. The molecule has 0 radical (unpaired) electrons. The van der Waals surface area contributed by atoms with Crippen molar-refractivity contribution >= 4 is 41.0 Å². The summed E-state index contributed by atoms with van der Waals surface area (Å²) in [5, 5.41) is 0.618. The van der Waals surface area contributed by atoms with Crippen LogP contribution in [0.1, 0.15) is 38.1 Å². The summed E-state index contributed by atoms with van der Waals surface area (Å²) in [7, 11) is 1.44. The highest BCUT2D eigenvalue weighted by atomic mass is 35.5. The molecule has 210 valence electrons. The number of esters is 2. The molecule has 1 aliphatic heterocycles. The van der Waals surface area contributed by atoms with Crippen molar-refractivity contribution in [2.75, 3.05) is 13.7 Å². The van der Waals surface area contributed by atoms with E-state index in [2.05, 4.69) is 4.99 Å². The van der Waals surface area contributed by atoms with Gasteiger partial charge in [0.2, 0.25) is 0 Å². The van der Waals surface area contributed by atoms with Gasteiger partial charge in [-0.05, 0) is 67.9 Å². The first-order chi connectivity index (χ1) is 19.7. The van der Waals surface area contributed by atoms with Crippen LogP contribution in [-0.2, 0) is 14.3 Å². The van der Waals surface area contributed by atoms with Crippen molar-refractivity contribution in [2.45, 2.75) is 26.8 Å². The quantitative estimate of drug-likeness (QED) is 0.227. The van der Waals surface area contributed by atoms with E-state index in [1.165, 1.54) is 29.9 Å². The molecule has 0 N–H and O–H groups in total. The van der Waals surface area contributed by atoms with Gasteiger partial charge in [0.1, 0.15) is 11.5 Å². The third kappa shape index (κ3) is 5.61. The molecule has 0 saturated heterocycles. The number of carbonyl (C=O) groups is 2. The third-order valence-corrected chi connectivity index (χ3v) is 7.54. The van der Waals surface area contributed by atoms with Gasteiger partial charge in [0, 0.05) is 23.6 Å². The van der Waals surface area contributed by atoms with Crippen molar-refractivity contribution in [1.29, 1.82) is 0 Å². The molecule has 0 spiro atoms. The van der Waals surface area contributed by atoms with Gasteiger partial charge in [-0.15, -0.1) is 0 Å². The Morgan fingerprint density at radius 3 is 2.56 bits per heavy atom. The second-order valence-corrected chi connectivity index (χ2v) is 10.5. The molecule has 0 fully saturated rings. The number of methoxy groups -OCH3 is 1. The number of hydrogen-bond donors (Lipinski definition) is 0. The van der Waals surface area contributed by atoms with Gasteiger partial charge in [0.15, 0.2) is 16.3 Å². The summed E-state index contributed by atoms with van der Waals surface area (Å²) < 4.78 is 23.9. The molecule has 0 saturated carbocycles. The molecular formula is C30H25ClN2O7S. The molecule has 2 aromatic carbocycles. The summed E-state index contributed by atoms with van der Waals surface area (Å²) in [5.41, 5.74) is 1.67. The molecule has 1 unspecified atom stereocenters. The zero-order valence-electron chi connectivity index (χ0n) is 22.6. The van der Waals surface area contributed by atoms with E-state index >= 15 is 0 Å². The molecule has 11 heteroatoms. The van der Waals surface area contributed by atoms with E-state index < -0.39 is 18.0 Å². The van der Waals surface area contributed by atoms with E-state index in [9.17, 15) is 14.4 Å². The minimum absolute atomic E-state index is 0.149. The first-order valence-electron chi connectivity index (χ1n) is 12.6. The van der Waals surface area contributed by atoms with Gasteiger partial charge in [-0.2, -0.15) is 0 Å². The van der Waals surface area contributed by atoms with E-state index in [-0.39, 0.29) is 29.2 Å². The summed E-state index contributed by atoms with van der Waals surface area (Å²) in [5.74, 6) is 0.482. The molecule has 1 aliphatic rings. The highest BCUT2D eigenvalue weighted by Gasteiger charge is 2.34. The van der Waals surface area contributed by atoms with Crippen molar-refractivity contribution in [2.24, 2.45) is 4.99 Å². The number of carbonyl (C=O) groups excluding carboxylic acids is 2. The Hall–Kier alpha value is -4.41. The molecule has 41 heavy (non-hydrogen) atoms. The Labute approximate surface area is 243 Å². The topological polar surface area (TPSA) is 109 Å². The normalized spacial score (nSPS) is 14.9. The van der Waals surface area contributed by atoms with Crippen LogP contribution in [0.3, 0.4) is 0 Å². The van der Waals surface area contributed by atoms with Crippen LogP contribution in [0.5, 0.6) is 11.5 Å². The second kappa shape index (κ2) is 11.6. The van der Waals surface area contributed by atoms with Crippen molar-refractivity contribution in [3.63, 3.8) is 0 Å². The summed E-state index contributed by atoms with van der Waals surface area (Å²) in [6.07, 6.45) is 1.65. The number of thiazole rings is 1. The molecule has 2 aromatic heterocycles. The van der Waals surface area contributed by atoms with Crippen LogP contribution in [0.2, 0.25) is 5.02 Å². The van der Waals surface area contributed by atoms with Crippen LogP contribution in [0.4, 0.5) is 0 Å². The van der Waals surface area contributed by atoms with E-state index in [1.54, 1.807) is 56.3 Å². The zero-order valence-corrected chi connectivity index (χ0v) is 24.2. The van der Waals surface area contributed by atoms with E-state index in [1.807, 2.05) is 18.2 Å². The predicted octanol–water partition coefficient (Wildman–Crippen LogP) is 4.65. The highest BCUT2D eigenvalue weighted by molar-refractivity contribution is 7.07. The molecular weight excluding hydrogens is 568 g/mol. The minimum atomic E-state index is -0.867. The number of halogens is 1. The summed E-state index contributed by atoms with van der Waals surface area (Å²) in [4.78, 5) is 43.6. The van der Waals surface area contributed by atoms with E-state index in [4.69, 9.17) is 30.2 Å². The van der Waals surface area contributed by atoms with Gasteiger partial charge in [-0.1, -0.05) is 29.0 Å². The maximum absolute atomic E-state index is 13.9. The molecule has 3 heterocycles. The number of benzene rings is 2. The first-order valence-corrected chi connectivity index (χ1v) is 13.8. The van der Waals surface area contributed by atoms with Crippen LogP contribution in [-0.4, -0.2) is 30.2 Å². The molecule has 1 atom stereocenters. The molecule has 9 nitrogen and oxygen atoms in total. The SMILES string of the molecule is CCOC(=O)C1=C(C)N=c2s/c(=C\c3ccc(-c4ccc(Cl)cc4)o3)c(=O)n2C1c1ccc(OC(C)=O)c(OC)c1. The number of hydrogen-bond acceptors (Lipinski definition) is 9. The summed E-state index contributed by atoms with van der Waals surface area (Å²) >= 11 is 7.17. The van der Waals surface area contributed by atoms with Gasteiger partial charge in [0.05, 0.1) is 35.6 Å². The van der Waals surface area contributed by atoms with Gasteiger partial charge < -0.3 is 18.6 Å². The lowest BCUT2D eigenvalue weighted by Gasteiger charge is -2.25. The fourth-order valence-electron chi connectivity index (χ4n) is 4.53. The van der Waals surface area contributed by atoms with Crippen LogP contribution in [0.25, 0.3) is 17.4 Å². The highest BCUT2D eigenvalue weighted by Crippen LogP contribution is 2.36. The van der Waals surface area contributed by atoms with Gasteiger partial charge in [-0.3, -0.25) is 14.2 Å². The number of furan rings is 1. The molecule has 0 bridgehead atoms. The maximum atomic E-state index is 13.9. The average Bonchev–Trinajstić information content (AvgIpc) is 3.52. The van der Waals surface area contributed by atoms with Crippen LogP contribution in [0, 0.1) is 0 Å². The van der Waals surface area contributed by atoms with E-state index in [0.29, 0.717) is 37.1 Å². The first kappa shape index (κ1) is 28.1. The fraction of sp³-hybridized carbons (Fsp3) is 0.200. The van der Waals surface area contributed by atoms with Gasteiger partial charge in [-0.25, -0.2) is 9.79 Å². The van der Waals surface area contributed by atoms with Crippen LogP contribution in [0.15, 0.2) is 80.1 Å². The number of fused-ring (bicyclic) bond motifs is 1. The van der Waals surface area contributed by atoms with Crippen molar-refractivity contribution in [3.8, 4) is 22.8 Å². The number of ether oxygens (including phenoxy) is 3. The third-order valence-electron chi connectivity index (χ3n) is 6.30. The molecule has 4 aromatic rings. The van der Waals surface area contributed by atoms with Crippen molar-refractivity contribution < 1.29 is 28.2 Å². The number of aromatic nitrogens is 1. The lowest BCUT2D eigenvalue weighted by atomic mass is 9.95. The predicted molar refractivity (Wildman–Crippen MR) is 154 cm³/mol. The molecule has 0 aliphatic carbocycles. The maximum Gasteiger partial charge on any atom is 0.338 e. The molecule has 5 rings (SSSR count). The van der Waals surface area contributed by atoms with Gasteiger partial charge >= 0.3 is 11.9 Å². The standard InChI is InChI=1S/C30H25ClN2O7S/c1-5-38-29(36)26-16(2)32-30-33(27(26)19-8-12-23(39-17(3)34)24(14-19)37-4)28(35)25(41-30)15-21-11-13-22(40-21)18-6-9-20(31)10-7-18/h6-15,27H,5H2,1-4H3/b25-15-. The van der Waals surface area contributed by atoms with Crippen LogP contribution >= 0.6 is 22.9 Å². The van der Waals surface area contributed by atoms with Gasteiger partial charge in [0.25, 0.3) is 5.56 Å². The Balaban J connectivity index is 1.64. The lowest BCUT2D eigenvalue weighted by Crippen LogP contribution is -2.39. The smallest absolute Gasteiger partial charge is 0.338 e. The number of allylic oxidation sites excluding steroid dienone is 1. The van der Waals surface area contributed by atoms with Crippen molar-refractivity contribution in [1.82, 2.24) is 4.57 Å². The zero-order chi connectivity index (χ0) is 29.3. The van der Waals surface area contributed by atoms with Crippen LogP contribution < -0.4 is 24.4 Å². The Morgan fingerprint density at radius 1 is 1.12 bits per heavy atom. The summed E-state index contributed by atoms with van der Waals surface area (Å²) in [6.45, 7) is 4.84. The second-order valence-electron chi connectivity index (χ2n) is 9.02. The lowest BCUT2D eigenvalue weighted by molar-refractivity contribution is -0.139. The number of rotatable bonds is 7. The number of nitrogens with zero attached hydrogens (tertiary/aromatic N) is 2. The van der Waals surface area contributed by atoms with E-state index in [0.717, 1.165) is 5.56 Å². The molecule has 0 amide bonds. The Morgan fingerprint density at radius 2 is 1.88 bits per heavy atom.